The summed E-state index contributed by atoms with van der Waals surface area (Å²) in [6.07, 6.45) is 7.48. The standard InChI is InChI=1S/C16H24N4O3/c21-15(11-7-8-12(11)16(22)23)17-9-4-6-14-19-18-13-5-2-1-3-10-20(13)14/h11-12H,1-10H2,(H,17,21)(H,22,23). The first-order valence-corrected chi connectivity index (χ1v) is 8.58. The van der Waals surface area contributed by atoms with Crippen LogP contribution in [-0.2, 0) is 29.0 Å². The molecule has 3 rings (SSSR count). The highest BCUT2D eigenvalue weighted by Gasteiger charge is 2.41. The predicted molar refractivity (Wildman–Crippen MR) is 82.8 cm³/mol. The zero-order valence-corrected chi connectivity index (χ0v) is 13.3. The highest BCUT2D eigenvalue weighted by molar-refractivity contribution is 5.86. The summed E-state index contributed by atoms with van der Waals surface area (Å²) in [4.78, 5) is 22.9. The molecule has 0 spiro atoms. The Bertz CT molecular complexity index is 584. The van der Waals surface area contributed by atoms with Crippen molar-refractivity contribution in [2.24, 2.45) is 11.8 Å². The van der Waals surface area contributed by atoms with Crippen LogP contribution in [-0.4, -0.2) is 38.3 Å². The minimum atomic E-state index is -0.859. The van der Waals surface area contributed by atoms with Crippen LogP contribution in [0.25, 0.3) is 0 Å². The van der Waals surface area contributed by atoms with E-state index < -0.39 is 11.9 Å². The van der Waals surface area contributed by atoms with Gasteiger partial charge in [0.2, 0.25) is 5.91 Å². The van der Waals surface area contributed by atoms with Crippen LogP contribution < -0.4 is 5.32 Å². The third kappa shape index (κ3) is 3.54. The minimum absolute atomic E-state index is 0.122. The van der Waals surface area contributed by atoms with E-state index >= 15 is 0 Å². The maximum atomic E-state index is 12.0. The number of amides is 1. The SMILES string of the molecule is O=C(O)C1CCC1C(=O)NCCCc1nnc2n1CCCCC2. The molecule has 1 aliphatic heterocycles. The number of carboxylic acid groups (broad SMARTS) is 1. The van der Waals surface area contributed by atoms with Gasteiger partial charge >= 0.3 is 5.97 Å². The van der Waals surface area contributed by atoms with E-state index in [9.17, 15) is 9.59 Å². The molecular weight excluding hydrogens is 296 g/mol. The topological polar surface area (TPSA) is 97.1 Å². The summed E-state index contributed by atoms with van der Waals surface area (Å²) in [5.74, 6) is 0.258. The molecule has 2 unspecified atom stereocenters. The Balaban J connectivity index is 1.43. The van der Waals surface area contributed by atoms with Crippen LogP contribution in [0.2, 0.25) is 0 Å². The van der Waals surface area contributed by atoms with E-state index in [1.54, 1.807) is 0 Å². The summed E-state index contributed by atoms with van der Waals surface area (Å²) in [5.41, 5.74) is 0. The Morgan fingerprint density at radius 2 is 2.00 bits per heavy atom. The molecule has 126 valence electrons. The van der Waals surface area contributed by atoms with Crippen molar-refractivity contribution < 1.29 is 14.7 Å². The van der Waals surface area contributed by atoms with E-state index in [1.165, 1.54) is 19.3 Å². The van der Waals surface area contributed by atoms with Gasteiger partial charge in [-0.2, -0.15) is 0 Å². The number of hydrogen-bond acceptors (Lipinski definition) is 4. The van der Waals surface area contributed by atoms with Crippen molar-refractivity contribution in [2.75, 3.05) is 6.54 Å². The summed E-state index contributed by atoms with van der Waals surface area (Å²) >= 11 is 0. The van der Waals surface area contributed by atoms with Gasteiger partial charge in [-0.25, -0.2) is 0 Å². The number of rotatable bonds is 6. The van der Waals surface area contributed by atoms with E-state index in [4.69, 9.17) is 5.11 Å². The van der Waals surface area contributed by atoms with E-state index in [-0.39, 0.29) is 11.8 Å². The van der Waals surface area contributed by atoms with Gasteiger partial charge in [-0.05, 0) is 32.1 Å². The van der Waals surface area contributed by atoms with Gasteiger partial charge in [0.05, 0.1) is 11.8 Å². The van der Waals surface area contributed by atoms with E-state index in [1.807, 2.05) is 0 Å². The summed E-state index contributed by atoms with van der Waals surface area (Å²) in [6.45, 7) is 1.55. The molecule has 2 atom stereocenters. The average molecular weight is 320 g/mol. The zero-order chi connectivity index (χ0) is 16.2. The molecule has 23 heavy (non-hydrogen) atoms. The molecule has 1 aromatic heterocycles. The molecule has 1 aliphatic carbocycles. The first kappa shape index (κ1) is 16.0. The number of carbonyl (C=O) groups is 2. The van der Waals surface area contributed by atoms with E-state index in [2.05, 4.69) is 20.1 Å². The molecule has 0 aromatic carbocycles. The van der Waals surface area contributed by atoms with Crippen LogP contribution in [0.5, 0.6) is 0 Å². The van der Waals surface area contributed by atoms with E-state index in [0.717, 1.165) is 37.5 Å². The molecule has 1 fully saturated rings. The Labute approximate surface area is 135 Å². The lowest BCUT2D eigenvalue weighted by Crippen LogP contribution is -2.44. The summed E-state index contributed by atoms with van der Waals surface area (Å²) < 4.78 is 2.22. The Morgan fingerprint density at radius 3 is 2.74 bits per heavy atom. The van der Waals surface area contributed by atoms with Crippen LogP contribution >= 0.6 is 0 Å². The van der Waals surface area contributed by atoms with Gasteiger partial charge in [0.25, 0.3) is 0 Å². The van der Waals surface area contributed by atoms with Gasteiger partial charge < -0.3 is 15.0 Å². The lowest BCUT2D eigenvalue weighted by molar-refractivity contribution is -0.152. The van der Waals surface area contributed by atoms with Crippen molar-refractivity contribution in [1.29, 1.82) is 0 Å². The van der Waals surface area contributed by atoms with Crippen LogP contribution in [0.15, 0.2) is 0 Å². The Hall–Kier alpha value is -1.92. The highest BCUT2D eigenvalue weighted by Crippen LogP contribution is 2.34. The number of carboxylic acids is 1. The number of nitrogens with one attached hydrogen (secondary N) is 1. The van der Waals surface area contributed by atoms with Crippen molar-refractivity contribution in [2.45, 2.75) is 57.9 Å². The first-order valence-electron chi connectivity index (χ1n) is 8.58. The smallest absolute Gasteiger partial charge is 0.307 e. The fourth-order valence-corrected chi connectivity index (χ4v) is 3.43. The molecule has 0 saturated heterocycles. The fourth-order valence-electron chi connectivity index (χ4n) is 3.43. The number of carbonyl (C=O) groups excluding carboxylic acids is 1. The molecule has 7 nitrogen and oxygen atoms in total. The van der Waals surface area contributed by atoms with Crippen molar-refractivity contribution in [1.82, 2.24) is 20.1 Å². The van der Waals surface area contributed by atoms with Crippen molar-refractivity contribution in [3.8, 4) is 0 Å². The first-order chi connectivity index (χ1) is 11.2. The molecule has 2 N–H and O–H groups in total. The molecule has 0 radical (unpaired) electrons. The monoisotopic (exact) mass is 320 g/mol. The van der Waals surface area contributed by atoms with Gasteiger partial charge in [-0.3, -0.25) is 9.59 Å². The van der Waals surface area contributed by atoms with Gasteiger partial charge in [0.1, 0.15) is 11.6 Å². The Morgan fingerprint density at radius 1 is 1.17 bits per heavy atom. The average Bonchev–Trinajstić information content (AvgIpc) is 2.69. The van der Waals surface area contributed by atoms with Crippen LogP contribution in [0.4, 0.5) is 0 Å². The molecule has 2 aliphatic rings. The number of aromatic nitrogens is 3. The molecule has 2 heterocycles. The minimum Gasteiger partial charge on any atom is -0.481 e. The van der Waals surface area contributed by atoms with Gasteiger partial charge in [0, 0.05) is 25.9 Å². The van der Waals surface area contributed by atoms with Crippen molar-refractivity contribution in [3.05, 3.63) is 11.6 Å². The second-order valence-corrected chi connectivity index (χ2v) is 6.52. The number of aliphatic carboxylic acids is 1. The fraction of sp³-hybridized carbons (Fsp3) is 0.750. The quantitative estimate of drug-likeness (QED) is 0.767. The molecule has 1 saturated carbocycles. The maximum Gasteiger partial charge on any atom is 0.307 e. The second-order valence-electron chi connectivity index (χ2n) is 6.52. The molecule has 1 amide bonds. The van der Waals surface area contributed by atoms with Gasteiger partial charge in [0.15, 0.2) is 0 Å². The predicted octanol–water partition coefficient (Wildman–Crippen LogP) is 1.16. The number of hydrogen-bond donors (Lipinski definition) is 2. The second kappa shape index (κ2) is 7.10. The van der Waals surface area contributed by atoms with E-state index in [0.29, 0.717) is 19.4 Å². The normalized spacial score (nSPS) is 23.5. The molecule has 0 bridgehead atoms. The number of fused-ring (bicyclic) bond motifs is 1. The maximum absolute atomic E-state index is 12.0. The number of aryl methyl sites for hydroxylation is 2. The summed E-state index contributed by atoms with van der Waals surface area (Å²) in [6, 6.07) is 0. The van der Waals surface area contributed by atoms with Crippen LogP contribution in [0.3, 0.4) is 0 Å². The molecule has 7 heteroatoms. The Kier molecular flexibility index (Phi) is 4.93. The van der Waals surface area contributed by atoms with Gasteiger partial charge in [-0.1, -0.05) is 6.42 Å². The van der Waals surface area contributed by atoms with Crippen molar-refractivity contribution in [3.63, 3.8) is 0 Å². The van der Waals surface area contributed by atoms with Gasteiger partial charge in [-0.15, -0.1) is 10.2 Å². The molecule has 1 aromatic rings. The lowest BCUT2D eigenvalue weighted by Gasteiger charge is -2.31. The third-order valence-electron chi connectivity index (χ3n) is 4.99. The lowest BCUT2D eigenvalue weighted by atomic mass is 9.73. The number of nitrogens with zero attached hydrogens (tertiary/aromatic N) is 3. The third-order valence-corrected chi connectivity index (χ3v) is 4.99. The molecular formula is C16H24N4O3. The zero-order valence-electron chi connectivity index (χ0n) is 13.3. The highest BCUT2D eigenvalue weighted by atomic mass is 16.4. The summed E-state index contributed by atoms with van der Waals surface area (Å²) in [5, 5.41) is 20.4. The van der Waals surface area contributed by atoms with Crippen LogP contribution in [0, 0.1) is 11.8 Å². The summed E-state index contributed by atoms with van der Waals surface area (Å²) in [7, 11) is 0. The van der Waals surface area contributed by atoms with Crippen molar-refractivity contribution >= 4 is 11.9 Å². The van der Waals surface area contributed by atoms with Crippen LogP contribution in [0.1, 0.15) is 50.2 Å². The largest absolute Gasteiger partial charge is 0.481 e.